The number of hydrogen-bond donors (Lipinski definition) is 0. The minimum absolute atomic E-state index is 0.0755. The molecule has 2 aromatic carbocycles. The van der Waals surface area contributed by atoms with Crippen molar-refractivity contribution in [3.05, 3.63) is 82.9 Å². The molecule has 0 N–H and O–H groups in total. The molecule has 0 spiro atoms. The summed E-state index contributed by atoms with van der Waals surface area (Å²) in [5.74, 6) is 0.784. The van der Waals surface area contributed by atoms with Gasteiger partial charge in [0.2, 0.25) is 11.7 Å². The minimum Gasteiger partial charge on any atom is -0.337 e. The van der Waals surface area contributed by atoms with E-state index >= 15 is 0 Å². The second kappa shape index (κ2) is 9.24. The Morgan fingerprint density at radius 3 is 2.70 bits per heavy atom. The quantitative estimate of drug-likeness (QED) is 0.319. The topological polar surface area (TPSA) is 91.1 Å². The maximum atomic E-state index is 12.9. The molecule has 0 unspecified atom stereocenters. The van der Waals surface area contributed by atoms with E-state index in [1.54, 1.807) is 24.2 Å². The van der Waals surface area contributed by atoms with Gasteiger partial charge in [-0.2, -0.15) is 4.98 Å². The van der Waals surface area contributed by atoms with Crippen molar-refractivity contribution in [2.75, 3.05) is 6.26 Å². The molecule has 0 fully saturated rings. The lowest BCUT2D eigenvalue weighted by molar-refractivity contribution is 0.364. The van der Waals surface area contributed by atoms with Gasteiger partial charge in [0.1, 0.15) is 11.6 Å². The van der Waals surface area contributed by atoms with Crippen LogP contribution in [-0.2, 0) is 13.0 Å². The number of aromatic nitrogens is 6. The molecular formula is C23H20N6O2S2. The molecular weight excluding hydrogens is 456 g/mol. The van der Waals surface area contributed by atoms with E-state index in [2.05, 4.69) is 39.3 Å². The molecule has 0 saturated heterocycles. The normalized spacial score (nSPS) is 11.3. The number of rotatable bonds is 7. The van der Waals surface area contributed by atoms with Gasteiger partial charge in [-0.1, -0.05) is 42.0 Å². The molecule has 0 aliphatic heterocycles. The van der Waals surface area contributed by atoms with Crippen LogP contribution in [0.2, 0.25) is 0 Å². The highest BCUT2D eigenvalue weighted by atomic mass is 32.2. The van der Waals surface area contributed by atoms with E-state index in [0.717, 1.165) is 21.8 Å². The van der Waals surface area contributed by atoms with Gasteiger partial charge in [-0.25, -0.2) is 18.9 Å². The second-order valence-corrected chi connectivity index (χ2v) is 9.08. The molecule has 0 aliphatic rings. The fourth-order valence-corrected chi connectivity index (χ4v) is 4.86. The van der Waals surface area contributed by atoms with Crippen LogP contribution in [0, 0.1) is 0 Å². The van der Waals surface area contributed by atoms with E-state index in [4.69, 9.17) is 4.52 Å². The van der Waals surface area contributed by atoms with Gasteiger partial charge in [-0.15, -0.1) is 16.9 Å². The summed E-state index contributed by atoms with van der Waals surface area (Å²) in [5, 5.41) is 9.23. The van der Waals surface area contributed by atoms with Gasteiger partial charge >= 0.3 is 5.69 Å². The van der Waals surface area contributed by atoms with Gasteiger partial charge in [0.05, 0.1) is 0 Å². The van der Waals surface area contributed by atoms with Gasteiger partial charge in [0.25, 0.3) is 0 Å². The van der Waals surface area contributed by atoms with Crippen molar-refractivity contribution in [2.24, 2.45) is 0 Å². The van der Waals surface area contributed by atoms with Gasteiger partial charge in [0.15, 0.2) is 5.65 Å². The third-order valence-corrected chi connectivity index (χ3v) is 6.97. The zero-order chi connectivity index (χ0) is 22.8. The molecule has 33 heavy (non-hydrogen) atoms. The Balaban J connectivity index is 1.44. The molecule has 0 radical (unpaired) electrons. The summed E-state index contributed by atoms with van der Waals surface area (Å²) in [6.45, 7) is 2.19. The third-order valence-electron chi connectivity index (χ3n) is 5.13. The Hall–Kier alpha value is -3.37. The van der Waals surface area contributed by atoms with E-state index in [9.17, 15) is 4.79 Å². The van der Waals surface area contributed by atoms with Gasteiger partial charge in [-0.3, -0.25) is 0 Å². The summed E-state index contributed by atoms with van der Waals surface area (Å²) in [7, 11) is 0. The number of benzene rings is 2. The van der Waals surface area contributed by atoms with Crippen molar-refractivity contribution in [1.82, 2.24) is 29.3 Å². The van der Waals surface area contributed by atoms with Crippen LogP contribution < -0.4 is 5.69 Å². The smallest absolute Gasteiger partial charge is 0.337 e. The predicted octanol–water partition coefficient (Wildman–Crippen LogP) is 4.42. The molecule has 0 amide bonds. The van der Waals surface area contributed by atoms with E-state index < -0.39 is 0 Å². The summed E-state index contributed by atoms with van der Waals surface area (Å²) in [6, 6.07) is 16.1. The molecule has 5 aromatic rings. The molecule has 0 aliphatic carbocycles. The van der Waals surface area contributed by atoms with Crippen molar-refractivity contribution in [2.45, 2.75) is 34.7 Å². The molecule has 3 aromatic heterocycles. The lowest BCUT2D eigenvalue weighted by Gasteiger charge is -2.06. The van der Waals surface area contributed by atoms with E-state index in [-0.39, 0.29) is 12.2 Å². The zero-order valence-corrected chi connectivity index (χ0v) is 19.6. The molecule has 0 saturated carbocycles. The molecule has 0 bridgehead atoms. The fourth-order valence-electron chi connectivity index (χ4n) is 3.41. The Bertz CT molecular complexity index is 1470. The molecule has 10 heteroatoms. The third kappa shape index (κ3) is 4.31. The van der Waals surface area contributed by atoms with E-state index in [0.29, 0.717) is 22.4 Å². The zero-order valence-electron chi connectivity index (χ0n) is 18.0. The van der Waals surface area contributed by atoms with Crippen molar-refractivity contribution < 1.29 is 4.52 Å². The summed E-state index contributed by atoms with van der Waals surface area (Å²) in [5.41, 5.74) is 2.27. The van der Waals surface area contributed by atoms with Gasteiger partial charge < -0.3 is 4.52 Å². The highest BCUT2D eigenvalue weighted by Crippen LogP contribution is 2.31. The fraction of sp³-hybridized carbons (Fsp3) is 0.174. The first-order valence-electron chi connectivity index (χ1n) is 10.3. The van der Waals surface area contributed by atoms with Crippen molar-refractivity contribution in [3.63, 3.8) is 0 Å². The van der Waals surface area contributed by atoms with Crippen LogP contribution in [0.15, 0.2) is 85.1 Å². The Morgan fingerprint density at radius 2 is 1.91 bits per heavy atom. The maximum Gasteiger partial charge on any atom is 0.350 e. The monoisotopic (exact) mass is 476 g/mol. The lowest BCUT2D eigenvalue weighted by Crippen LogP contribution is -2.21. The highest BCUT2D eigenvalue weighted by Gasteiger charge is 2.17. The van der Waals surface area contributed by atoms with Crippen LogP contribution in [0.25, 0.3) is 17.0 Å². The number of thioether (sulfide) groups is 1. The second-order valence-electron chi connectivity index (χ2n) is 7.17. The SMILES string of the molecule is CCc1ccccc1Sc1nccn2c(=O)n(Cc3nc(-c4ccc(SC)cc4)no3)nc12. The molecule has 5 rings (SSSR count). The molecule has 8 nitrogen and oxygen atoms in total. The first-order chi connectivity index (χ1) is 16.2. The average molecular weight is 477 g/mol. The van der Waals surface area contributed by atoms with Crippen LogP contribution >= 0.6 is 23.5 Å². The average Bonchev–Trinajstić information content (AvgIpc) is 3.45. The first-order valence-corrected chi connectivity index (χ1v) is 12.4. The number of fused-ring (bicyclic) bond motifs is 1. The summed E-state index contributed by atoms with van der Waals surface area (Å²) >= 11 is 3.17. The number of aryl methyl sites for hydroxylation is 1. The van der Waals surface area contributed by atoms with Crippen LogP contribution in [-0.4, -0.2) is 35.6 Å². The van der Waals surface area contributed by atoms with Gasteiger partial charge in [-0.05, 0) is 48.6 Å². The van der Waals surface area contributed by atoms with E-state index in [1.165, 1.54) is 26.4 Å². The summed E-state index contributed by atoms with van der Waals surface area (Å²) in [4.78, 5) is 24.1. The van der Waals surface area contributed by atoms with Crippen molar-refractivity contribution in [1.29, 1.82) is 0 Å². The largest absolute Gasteiger partial charge is 0.350 e. The minimum atomic E-state index is -0.290. The van der Waals surface area contributed by atoms with Crippen LogP contribution in [0.5, 0.6) is 0 Å². The maximum absolute atomic E-state index is 12.9. The standard InChI is InChI=1S/C23H20N6O2S2/c1-3-15-6-4-5-7-18(15)33-22-21-26-29(23(30)28(21)13-12-24-22)14-19-25-20(27-31-19)16-8-10-17(32-2)11-9-16/h4-13H,3,14H2,1-2H3. The van der Waals surface area contributed by atoms with Crippen LogP contribution in [0.4, 0.5) is 0 Å². The highest BCUT2D eigenvalue weighted by molar-refractivity contribution is 7.99. The molecule has 3 heterocycles. The first kappa shape index (κ1) is 21.5. The van der Waals surface area contributed by atoms with Crippen molar-refractivity contribution in [3.8, 4) is 11.4 Å². The van der Waals surface area contributed by atoms with E-state index in [1.807, 2.05) is 42.7 Å². The molecule has 166 valence electrons. The van der Waals surface area contributed by atoms with Gasteiger partial charge in [0, 0.05) is 27.7 Å². The van der Waals surface area contributed by atoms with Crippen molar-refractivity contribution >= 4 is 29.2 Å². The number of hydrogen-bond acceptors (Lipinski definition) is 8. The van der Waals surface area contributed by atoms with Crippen LogP contribution in [0.1, 0.15) is 18.4 Å². The Labute approximate surface area is 198 Å². The predicted molar refractivity (Wildman–Crippen MR) is 128 cm³/mol. The molecule has 0 atom stereocenters. The van der Waals surface area contributed by atoms with Crippen LogP contribution in [0.3, 0.4) is 0 Å². The summed E-state index contributed by atoms with van der Waals surface area (Å²) < 4.78 is 8.20. The Morgan fingerprint density at radius 1 is 1.09 bits per heavy atom. The lowest BCUT2D eigenvalue weighted by atomic mass is 10.2. The Kier molecular flexibility index (Phi) is 6.01. The number of nitrogens with zero attached hydrogens (tertiary/aromatic N) is 6. The summed E-state index contributed by atoms with van der Waals surface area (Å²) in [6.07, 6.45) is 6.16.